The minimum absolute atomic E-state index is 0.0507. The van der Waals surface area contributed by atoms with Crippen LogP contribution in [0.25, 0.3) is 0 Å². The highest BCUT2D eigenvalue weighted by Crippen LogP contribution is 2.33. The fourth-order valence-electron chi connectivity index (χ4n) is 2.48. The van der Waals surface area contributed by atoms with Gasteiger partial charge in [-0.05, 0) is 61.3 Å². The number of hydrogen-bond donors (Lipinski definition) is 1. The summed E-state index contributed by atoms with van der Waals surface area (Å²) in [4.78, 5) is 0. The van der Waals surface area contributed by atoms with Crippen molar-refractivity contribution < 1.29 is 17.9 Å². The van der Waals surface area contributed by atoms with Crippen LogP contribution in [0.3, 0.4) is 0 Å². The molecular weight excluding hydrogens is 287 g/mol. The van der Waals surface area contributed by atoms with Gasteiger partial charge in [0.25, 0.3) is 0 Å². The molecule has 0 radical (unpaired) electrons. The molecule has 1 atom stereocenters. The maximum atomic E-state index is 12.0. The Bertz CT molecular complexity index is 451. The number of rotatable bonds is 5. The summed E-state index contributed by atoms with van der Waals surface area (Å²) in [6.45, 7) is 0.0627. The number of thioether (sulfide) groups is 1. The second kappa shape index (κ2) is 6.72. The average Bonchev–Trinajstić information content (AvgIpc) is 2.41. The fraction of sp³-hybridized carbons (Fsp3) is 0.571. The van der Waals surface area contributed by atoms with E-state index in [2.05, 4.69) is 5.32 Å². The van der Waals surface area contributed by atoms with Crippen LogP contribution in [0.2, 0.25) is 0 Å². The topological polar surface area (TPSA) is 21.3 Å². The first-order valence-corrected chi connectivity index (χ1v) is 7.62. The van der Waals surface area contributed by atoms with Gasteiger partial charge in [0.15, 0.2) is 0 Å². The van der Waals surface area contributed by atoms with Crippen molar-refractivity contribution in [1.29, 1.82) is 0 Å². The van der Waals surface area contributed by atoms with Gasteiger partial charge in [-0.2, -0.15) is 13.2 Å². The molecular formula is C14H18F3NOS. The lowest BCUT2D eigenvalue weighted by atomic mass is 9.87. The predicted molar refractivity (Wildman–Crippen MR) is 75.2 cm³/mol. The lowest BCUT2D eigenvalue weighted by Gasteiger charge is -2.25. The van der Waals surface area contributed by atoms with E-state index in [0.29, 0.717) is 11.8 Å². The highest BCUT2D eigenvalue weighted by Gasteiger charge is 2.27. The van der Waals surface area contributed by atoms with E-state index < -0.39 is 5.51 Å². The van der Waals surface area contributed by atoms with Gasteiger partial charge in [-0.25, -0.2) is 0 Å². The predicted octanol–water partition coefficient (Wildman–Crippen LogP) is 3.92. The average molecular weight is 305 g/mol. The summed E-state index contributed by atoms with van der Waals surface area (Å²) in [6.07, 6.45) is 3.29. The van der Waals surface area contributed by atoms with E-state index in [-0.39, 0.29) is 24.1 Å². The Hall–Kier alpha value is -0.880. The van der Waals surface area contributed by atoms with Crippen LogP contribution in [0.4, 0.5) is 13.2 Å². The number of benzene rings is 1. The first-order valence-electron chi connectivity index (χ1n) is 6.63. The third kappa shape index (κ3) is 4.31. The molecule has 2 nitrogen and oxygen atoms in total. The normalized spacial score (nSPS) is 18.7. The second-order valence-electron chi connectivity index (χ2n) is 4.74. The van der Waals surface area contributed by atoms with Gasteiger partial charge in [-0.3, -0.25) is 0 Å². The first kappa shape index (κ1) is 15.5. The van der Waals surface area contributed by atoms with Gasteiger partial charge < -0.3 is 10.1 Å². The minimum atomic E-state index is -4.18. The number of ether oxygens (including phenoxy) is 1. The molecule has 1 unspecified atom stereocenters. The summed E-state index contributed by atoms with van der Waals surface area (Å²) < 4.78 is 41.4. The molecule has 0 bridgehead atoms. The van der Waals surface area contributed by atoms with Gasteiger partial charge in [0.1, 0.15) is 5.75 Å². The Morgan fingerprint density at radius 2 is 2.20 bits per heavy atom. The summed E-state index contributed by atoms with van der Waals surface area (Å²) in [6, 6.07) is 6.13. The molecule has 112 valence electrons. The Kier molecular flexibility index (Phi) is 5.21. The van der Waals surface area contributed by atoms with E-state index in [1.54, 1.807) is 0 Å². The molecule has 2 rings (SSSR count). The zero-order valence-electron chi connectivity index (χ0n) is 11.3. The molecule has 1 aromatic rings. The van der Waals surface area contributed by atoms with Crippen LogP contribution in [0.5, 0.6) is 5.75 Å². The summed E-state index contributed by atoms with van der Waals surface area (Å²) >= 11 is -0.0507. The minimum Gasteiger partial charge on any atom is -0.493 e. The van der Waals surface area contributed by atoms with Crippen LogP contribution in [0.15, 0.2) is 18.2 Å². The first-order chi connectivity index (χ1) is 9.49. The molecule has 1 aliphatic rings. The lowest BCUT2D eigenvalue weighted by Crippen LogP contribution is -2.21. The van der Waals surface area contributed by atoms with Gasteiger partial charge in [0.2, 0.25) is 0 Å². The van der Waals surface area contributed by atoms with Crippen molar-refractivity contribution in [3.8, 4) is 5.75 Å². The Morgan fingerprint density at radius 1 is 1.40 bits per heavy atom. The Balaban J connectivity index is 1.93. The van der Waals surface area contributed by atoms with Crippen molar-refractivity contribution in [2.24, 2.45) is 0 Å². The van der Waals surface area contributed by atoms with Crippen molar-refractivity contribution in [1.82, 2.24) is 5.32 Å². The number of alkyl halides is 3. The number of fused-ring (bicyclic) bond motifs is 1. The number of nitrogens with one attached hydrogen (secondary N) is 1. The maximum absolute atomic E-state index is 12.0. The van der Waals surface area contributed by atoms with Crippen LogP contribution >= 0.6 is 11.8 Å². The second-order valence-corrected chi connectivity index (χ2v) is 5.90. The molecule has 0 heterocycles. The highest BCUT2D eigenvalue weighted by atomic mass is 32.2. The van der Waals surface area contributed by atoms with Crippen LogP contribution in [0.1, 0.15) is 30.0 Å². The maximum Gasteiger partial charge on any atom is 0.441 e. The summed E-state index contributed by atoms with van der Waals surface area (Å²) in [7, 11) is 1.92. The van der Waals surface area contributed by atoms with E-state index in [0.717, 1.165) is 19.3 Å². The van der Waals surface area contributed by atoms with E-state index in [1.807, 2.05) is 25.2 Å². The third-order valence-corrected chi connectivity index (χ3v) is 4.10. The van der Waals surface area contributed by atoms with Gasteiger partial charge in [-0.15, -0.1) is 0 Å². The molecule has 0 aliphatic heterocycles. The highest BCUT2D eigenvalue weighted by molar-refractivity contribution is 8.00. The zero-order valence-corrected chi connectivity index (χ0v) is 12.1. The largest absolute Gasteiger partial charge is 0.493 e. The molecule has 0 saturated carbocycles. The van der Waals surface area contributed by atoms with Crippen molar-refractivity contribution in [3.63, 3.8) is 0 Å². The molecule has 6 heteroatoms. The van der Waals surface area contributed by atoms with E-state index in [9.17, 15) is 13.2 Å². The smallest absolute Gasteiger partial charge is 0.441 e. The molecule has 0 aromatic heterocycles. The molecule has 0 spiro atoms. The zero-order chi connectivity index (χ0) is 14.6. The molecule has 0 fully saturated rings. The SMILES string of the molecule is CNC1CCCc2ccc(OCCSC(F)(F)F)cc21. The summed E-state index contributed by atoms with van der Waals surface area (Å²) in [5.41, 5.74) is -1.68. The Morgan fingerprint density at radius 3 is 2.90 bits per heavy atom. The van der Waals surface area contributed by atoms with Gasteiger partial charge in [0, 0.05) is 11.8 Å². The van der Waals surface area contributed by atoms with Crippen molar-refractivity contribution in [3.05, 3.63) is 29.3 Å². The Labute approximate surface area is 121 Å². The van der Waals surface area contributed by atoms with Crippen molar-refractivity contribution in [2.45, 2.75) is 30.8 Å². The van der Waals surface area contributed by atoms with Gasteiger partial charge in [0.05, 0.1) is 6.61 Å². The third-order valence-electron chi connectivity index (χ3n) is 3.40. The van der Waals surface area contributed by atoms with Crippen LogP contribution < -0.4 is 10.1 Å². The molecule has 0 amide bonds. The van der Waals surface area contributed by atoms with Crippen LogP contribution in [0, 0.1) is 0 Å². The van der Waals surface area contributed by atoms with Crippen molar-refractivity contribution in [2.75, 3.05) is 19.4 Å². The fourth-order valence-corrected chi connectivity index (χ4v) is 2.88. The molecule has 1 N–H and O–H groups in total. The number of aryl methyl sites for hydroxylation is 1. The standard InChI is InChI=1S/C14H18F3NOS/c1-18-13-4-2-3-10-5-6-11(9-12(10)13)19-7-8-20-14(15,16)17/h5-6,9,13,18H,2-4,7-8H2,1H3. The van der Waals surface area contributed by atoms with Gasteiger partial charge >= 0.3 is 5.51 Å². The molecule has 1 aliphatic carbocycles. The van der Waals surface area contributed by atoms with E-state index >= 15 is 0 Å². The summed E-state index contributed by atoms with van der Waals surface area (Å²) in [5, 5.41) is 3.27. The summed E-state index contributed by atoms with van der Waals surface area (Å²) in [5.74, 6) is 0.560. The van der Waals surface area contributed by atoms with Crippen LogP contribution in [-0.2, 0) is 6.42 Å². The quantitative estimate of drug-likeness (QED) is 0.833. The van der Waals surface area contributed by atoms with Crippen molar-refractivity contribution >= 4 is 11.8 Å². The van der Waals surface area contributed by atoms with Crippen LogP contribution in [-0.4, -0.2) is 24.9 Å². The monoisotopic (exact) mass is 305 g/mol. The van der Waals surface area contributed by atoms with E-state index in [1.165, 1.54) is 11.1 Å². The number of halogens is 3. The molecule has 20 heavy (non-hydrogen) atoms. The number of hydrogen-bond acceptors (Lipinski definition) is 3. The van der Waals surface area contributed by atoms with Gasteiger partial charge in [-0.1, -0.05) is 6.07 Å². The molecule has 1 aromatic carbocycles. The lowest BCUT2D eigenvalue weighted by molar-refractivity contribution is -0.0329. The van der Waals surface area contributed by atoms with E-state index in [4.69, 9.17) is 4.74 Å². The molecule has 0 saturated heterocycles.